The first-order chi connectivity index (χ1) is 21.6. The van der Waals surface area contributed by atoms with Crippen LogP contribution >= 0.6 is 0 Å². The first kappa shape index (κ1) is 34.8. The lowest BCUT2D eigenvalue weighted by molar-refractivity contribution is 0.154. The van der Waals surface area contributed by atoms with Crippen molar-refractivity contribution in [2.24, 2.45) is 5.92 Å². The summed E-state index contributed by atoms with van der Waals surface area (Å²) in [4.78, 5) is 0. The van der Waals surface area contributed by atoms with E-state index in [-0.39, 0.29) is 16.0 Å². The third-order valence-corrected chi connectivity index (χ3v) is 19.2. The molecule has 2 nitrogen and oxygen atoms in total. The molecule has 0 unspecified atom stereocenters. The molecule has 0 fully saturated rings. The van der Waals surface area contributed by atoms with Gasteiger partial charge in [0, 0.05) is 19.1 Å². The van der Waals surface area contributed by atoms with Crippen LogP contribution < -0.4 is 20.7 Å². The summed E-state index contributed by atoms with van der Waals surface area (Å²) in [6.45, 7) is 19.4. The molecule has 0 aromatic heterocycles. The largest absolute Gasteiger partial charge is 0.407 e. The van der Waals surface area contributed by atoms with Crippen LogP contribution in [-0.4, -0.2) is 29.8 Å². The Hall–Kier alpha value is -3.03. The fourth-order valence-electron chi connectivity index (χ4n) is 6.95. The lowest BCUT2D eigenvalue weighted by Crippen LogP contribution is -2.67. The Balaban J connectivity index is 1.74. The SMILES string of the molecule is C=CCCCCC(CO[Si](c1ccccc1)(c1ccccc1)C(C)(C)C)CO[Si](c1ccccc1)(c1ccccc1)C(C)(C)C. The summed E-state index contributed by atoms with van der Waals surface area (Å²) >= 11 is 0. The topological polar surface area (TPSA) is 18.5 Å². The molecule has 0 saturated carbocycles. The van der Waals surface area contributed by atoms with Gasteiger partial charge in [0.05, 0.1) is 0 Å². The van der Waals surface area contributed by atoms with Gasteiger partial charge in [0.2, 0.25) is 0 Å². The molecule has 4 aromatic rings. The van der Waals surface area contributed by atoms with E-state index < -0.39 is 16.6 Å². The van der Waals surface area contributed by atoms with Crippen LogP contribution in [0.3, 0.4) is 0 Å². The summed E-state index contributed by atoms with van der Waals surface area (Å²) in [7, 11) is -5.33. The molecule has 0 radical (unpaired) electrons. The summed E-state index contributed by atoms with van der Waals surface area (Å²) in [6, 6.07) is 44.0. The van der Waals surface area contributed by atoms with E-state index in [2.05, 4.69) is 169 Å². The van der Waals surface area contributed by atoms with Crippen LogP contribution in [0.15, 0.2) is 134 Å². The lowest BCUT2D eigenvalue weighted by Gasteiger charge is -2.45. The van der Waals surface area contributed by atoms with E-state index in [1.807, 2.05) is 6.08 Å². The van der Waals surface area contributed by atoms with Crippen LogP contribution in [-0.2, 0) is 8.85 Å². The van der Waals surface area contributed by atoms with E-state index >= 15 is 0 Å². The molecule has 0 N–H and O–H groups in total. The maximum absolute atomic E-state index is 7.50. The number of rotatable bonds is 15. The normalized spacial score (nSPS) is 12.8. The van der Waals surface area contributed by atoms with E-state index in [0.717, 1.165) is 25.7 Å². The minimum absolute atomic E-state index is 0.0675. The van der Waals surface area contributed by atoms with Gasteiger partial charge in [0.15, 0.2) is 0 Å². The van der Waals surface area contributed by atoms with Gasteiger partial charge in [0.25, 0.3) is 16.6 Å². The molecular formula is C41H54O2Si2. The van der Waals surface area contributed by atoms with Gasteiger partial charge in [-0.3, -0.25) is 0 Å². The Bertz CT molecular complexity index is 1240. The average Bonchev–Trinajstić information content (AvgIpc) is 3.04. The van der Waals surface area contributed by atoms with Crippen molar-refractivity contribution in [2.75, 3.05) is 13.2 Å². The fraction of sp³-hybridized carbons (Fsp3) is 0.366. The zero-order valence-corrected chi connectivity index (χ0v) is 30.5. The minimum Gasteiger partial charge on any atom is -0.407 e. The van der Waals surface area contributed by atoms with Crippen molar-refractivity contribution in [1.82, 2.24) is 0 Å². The summed E-state index contributed by atoms with van der Waals surface area (Å²) in [5.74, 6) is 0.262. The van der Waals surface area contributed by atoms with Gasteiger partial charge in [-0.25, -0.2) is 0 Å². The molecule has 4 aromatic carbocycles. The van der Waals surface area contributed by atoms with Gasteiger partial charge in [0.1, 0.15) is 0 Å². The molecule has 0 aliphatic rings. The molecule has 0 heterocycles. The molecule has 0 bridgehead atoms. The standard InChI is InChI=1S/C41H54O2Si2/c1-8-9-10-15-24-35(33-42-44(40(2,3)4,36-25-16-11-17-26-36)37-27-18-12-19-28-37)34-43-45(41(5,6)7,38-29-20-13-21-30-38)39-31-22-14-23-32-39/h8,11-14,16-23,25-32,35H,1,9-10,15,24,33-34H2,2-7H3. The fourth-order valence-corrected chi connectivity index (χ4v) is 16.2. The van der Waals surface area contributed by atoms with Crippen molar-refractivity contribution in [3.05, 3.63) is 134 Å². The highest BCUT2D eigenvalue weighted by Crippen LogP contribution is 2.39. The summed E-state index contributed by atoms with van der Waals surface area (Å²) in [5.41, 5.74) is 0. The van der Waals surface area contributed by atoms with Crippen LogP contribution in [0.5, 0.6) is 0 Å². The highest BCUT2D eigenvalue weighted by atomic mass is 28.4. The number of hydrogen-bond donors (Lipinski definition) is 0. The number of unbranched alkanes of at least 4 members (excludes halogenated alkanes) is 2. The zero-order valence-electron chi connectivity index (χ0n) is 28.5. The van der Waals surface area contributed by atoms with Crippen LogP contribution in [0, 0.1) is 5.92 Å². The van der Waals surface area contributed by atoms with Gasteiger partial charge >= 0.3 is 0 Å². The lowest BCUT2D eigenvalue weighted by atomic mass is 10.0. The van der Waals surface area contributed by atoms with Crippen molar-refractivity contribution >= 4 is 37.4 Å². The van der Waals surface area contributed by atoms with Crippen molar-refractivity contribution < 1.29 is 8.85 Å². The first-order valence-electron chi connectivity index (χ1n) is 16.7. The minimum atomic E-state index is -2.67. The van der Waals surface area contributed by atoms with Crippen LogP contribution in [0.1, 0.15) is 67.2 Å². The molecule has 238 valence electrons. The molecule has 45 heavy (non-hydrogen) atoms. The van der Waals surface area contributed by atoms with E-state index in [4.69, 9.17) is 8.85 Å². The molecule has 0 atom stereocenters. The van der Waals surface area contributed by atoms with Gasteiger partial charge in [-0.05, 0) is 50.1 Å². The summed E-state index contributed by atoms with van der Waals surface area (Å²) in [5, 5.41) is 5.15. The van der Waals surface area contributed by atoms with E-state index in [1.165, 1.54) is 20.7 Å². The Kier molecular flexibility index (Phi) is 12.0. The van der Waals surface area contributed by atoms with Gasteiger partial charge in [-0.1, -0.05) is 175 Å². The highest BCUT2D eigenvalue weighted by Gasteiger charge is 2.52. The molecule has 0 saturated heterocycles. The van der Waals surface area contributed by atoms with Gasteiger partial charge in [-0.2, -0.15) is 0 Å². The van der Waals surface area contributed by atoms with Crippen molar-refractivity contribution in [3.63, 3.8) is 0 Å². The second kappa shape index (κ2) is 15.5. The van der Waals surface area contributed by atoms with Gasteiger partial charge < -0.3 is 8.85 Å². The first-order valence-corrected chi connectivity index (χ1v) is 20.5. The maximum Gasteiger partial charge on any atom is 0.261 e. The highest BCUT2D eigenvalue weighted by molar-refractivity contribution is 7.00. The third-order valence-electron chi connectivity index (χ3n) is 9.18. The average molecular weight is 635 g/mol. The van der Waals surface area contributed by atoms with Crippen LogP contribution in [0.25, 0.3) is 0 Å². The number of benzene rings is 4. The molecule has 0 amide bonds. The predicted molar refractivity (Wildman–Crippen MR) is 199 cm³/mol. The Morgan fingerprint density at radius 2 is 0.844 bits per heavy atom. The Morgan fingerprint density at radius 1 is 0.533 bits per heavy atom. The third kappa shape index (κ3) is 7.86. The molecule has 0 aliphatic heterocycles. The van der Waals surface area contributed by atoms with Crippen LogP contribution in [0.4, 0.5) is 0 Å². The monoisotopic (exact) mass is 634 g/mol. The predicted octanol–water partition coefficient (Wildman–Crippen LogP) is 8.50. The second-order valence-electron chi connectivity index (χ2n) is 14.4. The van der Waals surface area contributed by atoms with Crippen molar-refractivity contribution in [1.29, 1.82) is 0 Å². The van der Waals surface area contributed by atoms with Crippen molar-refractivity contribution in [3.8, 4) is 0 Å². The zero-order chi connectivity index (χ0) is 32.4. The maximum atomic E-state index is 7.50. The number of allylic oxidation sites excluding steroid dienone is 1. The second-order valence-corrected chi connectivity index (χ2v) is 23.0. The van der Waals surface area contributed by atoms with E-state index in [0.29, 0.717) is 13.2 Å². The molecule has 4 rings (SSSR count). The van der Waals surface area contributed by atoms with E-state index in [1.54, 1.807) is 0 Å². The van der Waals surface area contributed by atoms with Crippen molar-refractivity contribution in [2.45, 2.75) is 77.3 Å². The molecule has 0 aliphatic carbocycles. The summed E-state index contributed by atoms with van der Waals surface area (Å²) < 4.78 is 15.0. The quantitative estimate of drug-likeness (QED) is 0.0742. The Morgan fingerprint density at radius 3 is 1.11 bits per heavy atom. The molecular weight excluding hydrogens is 581 g/mol. The smallest absolute Gasteiger partial charge is 0.261 e. The van der Waals surface area contributed by atoms with Crippen LogP contribution in [0.2, 0.25) is 10.1 Å². The van der Waals surface area contributed by atoms with Gasteiger partial charge in [-0.15, -0.1) is 6.58 Å². The van der Waals surface area contributed by atoms with E-state index in [9.17, 15) is 0 Å². The molecule has 0 spiro atoms. The molecule has 4 heteroatoms. The Labute approximate surface area is 275 Å². The summed E-state index contributed by atoms with van der Waals surface area (Å²) in [6.07, 6.45) is 6.40. The number of hydrogen-bond acceptors (Lipinski definition) is 2.